The lowest BCUT2D eigenvalue weighted by atomic mass is 10.2. The number of methoxy groups -OCH3 is 1. The minimum Gasteiger partial charge on any atom is -0.493 e. The lowest BCUT2D eigenvalue weighted by molar-refractivity contribution is 0.268. The summed E-state index contributed by atoms with van der Waals surface area (Å²) in [7, 11) is 3.56. The first-order valence-corrected chi connectivity index (χ1v) is 6.73. The third-order valence-electron chi connectivity index (χ3n) is 3.14. The maximum atomic E-state index is 5.95. The summed E-state index contributed by atoms with van der Waals surface area (Å²) in [4.78, 5) is 4.31. The first kappa shape index (κ1) is 14.4. The number of hydrogen-bond acceptors (Lipinski definition) is 4. The molecule has 2 rings (SSSR count). The average Bonchev–Trinajstić information content (AvgIpc) is 2.93. The summed E-state index contributed by atoms with van der Waals surface area (Å²) < 4.78 is 13.4. The first-order valence-electron chi connectivity index (χ1n) is 6.73. The Morgan fingerprint density at radius 1 is 1.35 bits per heavy atom. The van der Waals surface area contributed by atoms with Crippen LogP contribution in [0.15, 0.2) is 30.6 Å². The van der Waals surface area contributed by atoms with Crippen LogP contribution in [0.5, 0.6) is 11.5 Å². The first-order chi connectivity index (χ1) is 9.80. The van der Waals surface area contributed by atoms with Crippen LogP contribution in [0.25, 0.3) is 0 Å². The second-order valence-corrected chi connectivity index (χ2v) is 4.40. The number of aryl methyl sites for hydroxylation is 1. The van der Waals surface area contributed by atoms with E-state index in [0.717, 1.165) is 36.0 Å². The fourth-order valence-electron chi connectivity index (χ4n) is 2.12. The van der Waals surface area contributed by atoms with Gasteiger partial charge in [0.05, 0.1) is 7.11 Å². The Labute approximate surface area is 119 Å². The van der Waals surface area contributed by atoms with Gasteiger partial charge in [-0.15, -0.1) is 0 Å². The molecule has 0 spiro atoms. The molecule has 1 aromatic heterocycles. The van der Waals surface area contributed by atoms with Crippen molar-refractivity contribution in [1.82, 2.24) is 14.9 Å². The van der Waals surface area contributed by atoms with Gasteiger partial charge in [0.25, 0.3) is 0 Å². The average molecular weight is 275 g/mol. The van der Waals surface area contributed by atoms with E-state index in [2.05, 4.69) is 21.8 Å². The molecule has 20 heavy (non-hydrogen) atoms. The van der Waals surface area contributed by atoms with E-state index in [-0.39, 0.29) is 0 Å². The van der Waals surface area contributed by atoms with Crippen LogP contribution in [0.1, 0.15) is 18.3 Å². The smallest absolute Gasteiger partial charge is 0.166 e. The van der Waals surface area contributed by atoms with E-state index in [1.165, 1.54) is 0 Å². The molecule has 1 heterocycles. The largest absolute Gasteiger partial charge is 0.493 e. The zero-order valence-corrected chi connectivity index (χ0v) is 12.2. The summed E-state index contributed by atoms with van der Waals surface area (Å²) in [5.74, 6) is 2.43. The van der Waals surface area contributed by atoms with Crippen LogP contribution in [0.3, 0.4) is 0 Å². The van der Waals surface area contributed by atoms with Gasteiger partial charge >= 0.3 is 0 Å². The lowest BCUT2D eigenvalue weighted by Gasteiger charge is -2.15. The van der Waals surface area contributed by atoms with E-state index in [1.54, 1.807) is 13.3 Å². The topological polar surface area (TPSA) is 48.3 Å². The zero-order valence-electron chi connectivity index (χ0n) is 12.2. The van der Waals surface area contributed by atoms with Crippen LogP contribution in [-0.2, 0) is 19.7 Å². The predicted octanol–water partition coefficient (Wildman–Crippen LogP) is 2.21. The number of imidazole rings is 1. The van der Waals surface area contributed by atoms with Crippen LogP contribution >= 0.6 is 0 Å². The molecule has 0 aliphatic rings. The molecule has 0 saturated heterocycles. The monoisotopic (exact) mass is 275 g/mol. The van der Waals surface area contributed by atoms with Crippen LogP contribution < -0.4 is 14.8 Å². The number of ether oxygens (including phenoxy) is 2. The molecule has 0 fully saturated rings. The Hall–Kier alpha value is -2.01. The van der Waals surface area contributed by atoms with E-state index in [1.807, 2.05) is 31.4 Å². The fourth-order valence-corrected chi connectivity index (χ4v) is 2.12. The molecular formula is C15H21N3O2. The van der Waals surface area contributed by atoms with Crippen molar-refractivity contribution >= 4 is 0 Å². The molecule has 0 amide bonds. The number of rotatable bonds is 7. The molecule has 0 radical (unpaired) electrons. The van der Waals surface area contributed by atoms with E-state index >= 15 is 0 Å². The molecular weight excluding hydrogens is 254 g/mol. The van der Waals surface area contributed by atoms with Gasteiger partial charge in [-0.1, -0.05) is 12.1 Å². The number of para-hydroxylation sites is 1. The van der Waals surface area contributed by atoms with Gasteiger partial charge in [0.2, 0.25) is 0 Å². The molecule has 1 aromatic carbocycles. The van der Waals surface area contributed by atoms with Gasteiger partial charge in [-0.3, -0.25) is 0 Å². The molecule has 2 aromatic rings. The standard InChI is InChI=1S/C15H21N3O2/c1-4-18-9-8-17-14(18)11-20-15-12(10-16-2)6-5-7-13(15)19-3/h5-9,16H,4,10-11H2,1-3H3. The second-order valence-electron chi connectivity index (χ2n) is 4.40. The van der Waals surface area contributed by atoms with Crippen LogP contribution in [0.4, 0.5) is 0 Å². The summed E-state index contributed by atoms with van der Waals surface area (Å²) in [6.07, 6.45) is 3.74. The molecule has 0 unspecified atom stereocenters. The molecule has 0 saturated carbocycles. The Kier molecular flexibility index (Phi) is 5.01. The van der Waals surface area contributed by atoms with Crippen molar-refractivity contribution in [3.8, 4) is 11.5 Å². The lowest BCUT2D eigenvalue weighted by Crippen LogP contribution is -2.10. The maximum absolute atomic E-state index is 5.95. The van der Waals surface area contributed by atoms with E-state index in [4.69, 9.17) is 9.47 Å². The Morgan fingerprint density at radius 2 is 2.20 bits per heavy atom. The van der Waals surface area contributed by atoms with Gasteiger partial charge in [-0.2, -0.15) is 0 Å². The summed E-state index contributed by atoms with van der Waals surface area (Å²) in [6.45, 7) is 4.13. The Morgan fingerprint density at radius 3 is 2.90 bits per heavy atom. The molecule has 108 valence electrons. The SMILES string of the molecule is CCn1ccnc1COc1c(CNC)cccc1OC. The molecule has 1 N–H and O–H groups in total. The van der Waals surface area contributed by atoms with Crippen molar-refractivity contribution in [2.45, 2.75) is 26.6 Å². The highest BCUT2D eigenvalue weighted by Gasteiger charge is 2.11. The van der Waals surface area contributed by atoms with E-state index in [9.17, 15) is 0 Å². The molecule has 0 bridgehead atoms. The van der Waals surface area contributed by atoms with Crippen molar-refractivity contribution in [3.05, 3.63) is 42.0 Å². The highest BCUT2D eigenvalue weighted by atomic mass is 16.5. The van der Waals surface area contributed by atoms with Gasteiger partial charge in [-0.05, 0) is 20.0 Å². The third-order valence-corrected chi connectivity index (χ3v) is 3.14. The number of nitrogens with zero attached hydrogens (tertiary/aromatic N) is 2. The molecule has 0 aliphatic heterocycles. The number of nitrogens with one attached hydrogen (secondary N) is 1. The molecule has 0 atom stereocenters. The van der Waals surface area contributed by atoms with Gasteiger partial charge < -0.3 is 19.4 Å². The highest BCUT2D eigenvalue weighted by Crippen LogP contribution is 2.31. The van der Waals surface area contributed by atoms with Gasteiger partial charge in [0, 0.05) is 31.0 Å². The van der Waals surface area contributed by atoms with E-state index in [0.29, 0.717) is 6.61 Å². The Balaban J connectivity index is 2.19. The van der Waals surface area contributed by atoms with Crippen LogP contribution in [-0.4, -0.2) is 23.7 Å². The summed E-state index contributed by atoms with van der Waals surface area (Å²) >= 11 is 0. The molecule has 5 heteroatoms. The van der Waals surface area contributed by atoms with Crippen molar-refractivity contribution in [1.29, 1.82) is 0 Å². The summed E-state index contributed by atoms with van der Waals surface area (Å²) in [5.41, 5.74) is 1.07. The quantitative estimate of drug-likeness (QED) is 0.841. The van der Waals surface area contributed by atoms with Crippen molar-refractivity contribution in [3.63, 3.8) is 0 Å². The molecule has 5 nitrogen and oxygen atoms in total. The van der Waals surface area contributed by atoms with Crippen molar-refractivity contribution in [2.24, 2.45) is 0 Å². The number of hydrogen-bond donors (Lipinski definition) is 1. The maximum Gasteiger partial charge on any atom is 0.166 e. The molecule has 0 aliphatic carbocycles. The highest BCUT2D eigenvalue weighted by molar-refractivity contribution is 5.46. The predicted molar refractivity (Wildman–Crippen MR) is 78.0 cm³/mol. The third kappa shape index (κ3) is 3.11. The second kappa shape index (κ2) is 6.96. The van der Waals surface area contributed by atoms with Gasteiger partial charge in [0.1, 0.15) is 12.4 Å². The normalized spacial score (nSPS) is 10.6. The summed E-state index contributed by atoms with van der Waals surface area (Å²) in [5, 5.41) is 3.14. The Bertz CT molecular complexity index is 552. The zero-order chi connectivity index (χ0) is 14.4. The van der Waals surface area contributed by atoms with Gasteiger partial charge in [0.15, 0.2) is 11.5 Å². The summed E-state index contributed by atoms with van der Waals surface area (Å²) in [6, 6.07) is 5.90. The number of aromatic nitrogens is 2. The van der Waals surface area contributed by atoms with Crippen LogP contribution in [0, 0.1) is 0 Å². The minimum atomic E-state index is 0.428. The van der Waals surface area contributed by atoms with Crippen molar-refractivity contribution in [2.75, 3.05) is 14.2 Å². The van der Waals surface area contributed by atoms with Crippen LogP contribution in [0.2, 0.25) is 0 Å². The van der Waals surface area contributed by atoms with Gasteiger partial charge in [-0.25, -0.2) is 4.98 Å². The number of benzene rings is 1. The van der Waals surface area contributed by atoms with E-state index < -0.39 is 0 Å². The fraction of sp³-hybridized carbons (Fsp3) is 0.400. The minimum absolute atomic E-state index is 0.428. The van der Waals surface area contributed by atoms with Crippen molar-refractivity contribution < 1.29 is 9.47 Å².